The van der Waals surface area contributed by atoms with Crippen LogP contribution >= 0.6 is 27.7 Å². The molecule has 1 unspecified atom stereocenters. The molecule has 1 N–H and O–H groups in total. The van der Waals surface area contributed by atoms with Gasteiger partial charge in [0.2, 0.25) is 0 Å². The van der Waals surface area contributed by atoms with Crippen LogP contribution in [0.1, 0.15) is 37.6 Å². The first-order chi connectivity index (χ1) is 9.60. The maximum atomic E-state index is 5.44. The van der Waals surface area contributed by atoms with Gasteiger partial charge in [-0.3, -0.25) is 0 Å². The van der Waals surface area contributed by atoms with Gasteiger partial charge in [-0.05, 0) is 56.3 Å². The van der Waals surface area contributed by atoms with Crippen LogP contribution in [0.15, 0.2) is 43.5 Å². The van der Waals surface area contributed by atoms with Crippen LogP contribution in [0.25, 0.3) is 0 Å². The Hall–Kier alpha value is -0.780. The van der Waals surface area contributed by atoms with Gasteiger partial charge >= 0.3 is 0 Å². The quantitative estimate of drug-likeness (QED) is 0.795. The molecule has 108 valence electrons. The molecule has 1 aromatic carbocycles. The Balaban J connectivity index is 2.23. The Morgan fingerprint density at radius 2 is 2.25 bits per heavy atom. The molecule has 0 amide bonds. The molecule has 0 aliphatic rings. The summed E-state index contributed by atoms with van der Waals surface area (Å²) in [6.07, 6.45) is 2.81. The van der Waals surface area contributed by atoms with E-state index < -0.39 is 0 Å². The van der Waals surface area contributed by atoms with Crippen LogP contribution in [0.4, 0.5) is 0 Å². The van der Waals surface area contributed by atoms with Gasteiger partial charge in [-0.25, -0.2) is 4.98 Å². The lowest BCUT2D eigenvalue weighted by atomic mass is 10.1. The van der Waals surface area contributed by atoms with Crippen molar-refractivity contribution in [3.05, 3.63) is 40.2 Å². The van der Waals surface area contributed by atoms with Crippen LogP contribution < -0.4 is 5.32 Å². The molecule has 3 nitrogen and oxygen atoms in total. The molecule has 0 aliphatic heterocycles. The highest BCUT2D eigenvalue weighted by Crippen LogP contribution is 2.34. The van der Waals surface area contributed by atoms with Gasteiger partial charge in [-0.1, -0.05) is 28.9 Å². The highest BCUT2D eigenvalue weighted by molar-refractivity contribution is 9.10. The van der Waals surface area contributed by atoms with Crippen LogP contribution in [-0.2, 0) is 0 Å². The third kappa shape index (κ3) is 4.11. The van der Waals surface area contributed by atoms with Gasteiger partial charge in [-0.15, -0.1) is 0 Å². The number of nitrogens with zero attached hydrogens (tertiary/aromatic N) is 1. The number of hydrogen-bond acceptors (Lipinski definition) is 4. The number of benzene rings is 1. The summed E-state index contributed by atoms with van der Waals surface area (Å²) in [6, 6.07) is 6.64. The van der Waals surface area contributed by atoms with Gasteiger partial charge in [0, 0.05) is 15.4 Å². The van der Waals surface area contributed by atoms with Gasteiger partial charge < -0.3 is 9.73 Å². The van der Waals surface area contributed by atoms with Crippen molar-refractivity contribution in [1.29, 1.82) is 0 Å². The van der Waals surface area contributed by atoms with E-state index in [4.69, 9.17) is 4.42 Å². The van der Waals surface area contributed by atoms with Crippen LogP contribution in [0.5, 0.6) is 0 Å². The topological polar surface area (TPSA) is 38.1 Å². The van der Waals surface area contributed by atoms with Gasteiger partial charge in [0.25, 0.3) is 5.22 Å². The van der Waals surface area contributed by atoms with Crippen LogP contribution in [0.2, 0.25) is 0 Å². The van der Waals surface area contributed by atoms with Crippen molar-refractivity contribution in [2.45, 2.75) is 43.4 Å². The van der Waals surface area contributed by atoms with Crippen molar-refractivity contribution in [1.82, 2.24) is 10.3 Å². The van der Waals surface area contributed by atoms with Gasteiger partial charge in [-0.2, -0.15) is 0 Å². The minimum atomic E-state index is 0.307. The van der Waals surface area contributed by atoms with E-state index in [1.54, 1.807) is 18.0 Å². The van der Waals surface area contributed by atoms with Gasteiger partial charge in [0.1, 0.15) is 6.26 Å². The third-order valence-electron chi connectivity index (χ3n) is 2.94. The SMILES string of the molecule is CCCNC(C)c1ccc(Br)cc1Sc1nc(C)co1. The predicted octanol–water partition coefficient (Wildman–Crippen LogP) is 4.96. The van der Waals surface area contributed by atoms with E-state index in [9.17, 15) is 0 Å². The maximum Gasteiger partial charge on any atom is 0.260 e. The molecular formula is C15H19BrN2OS. The predicted molar refractivity (Wildman–Crippen MR) is 86.2 cm³/mol. The Kier molecular flexibility index (Phi) is 5.69. The average Bonchev–Trinajstić information content (AvgIpc) is 2.81. The highest BCUT2D eigenvalue weighted by atomic mass is 79.9. The molecule has 20 heavy (non-hydrogen) atoms. The zero-order chi connectivity index (χ0) is 14.5. The highest BCUT2D eigenvalue weighted by Gasteiger charge is 2.13. The number of rotatable bonds is 6. The smallest absolute Gasteiger partial charge is 0.260 e. The number of halogens is 1. The molecule has 1 heterocycles. The molecule has 0 saturated heterocycles. The Morgan fingerprint density at radius 3 is 2.90 bits per heavy atom. The lowest BCUT2D eigenvalue weighted by Gasteiger charge is -2.17. The second-order valence-electron chi connectivity index (χ2n) is 4.71. The molecule has 0 fully saturated rings. The van der Waals surface area contributed by atoms with E-state index in [1.165, 1.54) is 5.56 Å². The van der Waals surface area contributed by atoms with E-state index in [0.29, 0.717) is 11.3 Å². The molecule has 0 aliphatic carbocycles. The number of hydrogen-bond donors (Lipinski definition) is 1. The van der Waals surface area contributed by atoms with Crippen LogP contribution in [0.3, 0.4) is 0 Å². The molecule has 2 rings (SSSR count). The Morgan fingerprint density at radius 1 is 1.45 bits per heavy atom. The summed E-state index contributed by atoms with van der Waals surface area (Å²) in [5, 5.41) is 4.20. The number of nitrogens with one attached hydrogen (secondary N) is 1. The molecule has 5 heteroatoms. The Bertz CT molecular complexity index is 571. The first kappa shape index (κ1) is 15.6. The Labute approximate surface area is 132 Å². The molecular weight excluding hydrogens is 336 g/mol. The van der Waals surface area contributed by atoms with Crippen molar-refractivity contribution >= 4 is 27.7 Å². The van der Waals surface area contributed by atoms with E-state index >= 15 is 0 Å². The van der Waals surface area contributed by atoms with Crippen molar-refractivity contribution in [3.63, 3.8) is 0 Å². The summed E-state index contributed by atoms with van der Waals surface area (Å²) in [6.45, 7) is 7.30. The molecule has 0 radical (unpaired) electrons. The molecule has 0 saturated carbocycles. The first-order valence-corrected chi connectivity index (χ1v) is 8.34. The summed E-state index contributed by atoms with van der Waals surface area (Å²) in [7, 11) is 0. The summed E-state index contributed by atoms with van der Waals surface area (Å²) < 4.78 is 6.50. The summed E-state index contributed by atoms with van der Waals surface area (Å²) in [5.41, 5.74) is 2.17. The average molecular weight is 355 g/mol. The van der Waals surface area contributed by atoms with E-state index in [2.05, 4.69) is 58.3 Å². The molecule has 1 atom stereocenters. The number of oxazole rings is 1. The summed E-state index contributed by atoms with van der Waals surface area (Å²) >= 11 is 5.10. The van der Waals surface area contributed by atoms with Crippen molar-refractivity contribution < 1.29 is 4.42 Å². The first-order valence-electron chi connectivity index (χ1n) is 6.73. The molecule has 0 spiro atoms. The largest absolute Gasteiger partial charge is 0.439 e. The number of aromatic nitrogens is 1. The fraction of sp³-hybridized carbons (Fsp3) is 0.400. The van der Waals surface area contributed by atoms with Gasteiger partial charge in [0.15, 0.2) is 0 Å². The summed E-state index contributed by atoms with van der Waals surface area (Å²) in [5.74, 6) is 0. The lowest BCUT2D eigenvalue weighted by molar-refractivity contribution is 0.454. The minimum Gasteiger partial charge on any atom is -0.439 e. The zero-order valence-electron chi connectivity index (χ0n) is 11.9. The molecule has 2 aromatic rings. The fourth-order valence-corrected chi connectivity index (χ4v) is 3.43. The van der Waals surface area contributed by atoms with E-state index in [1.807, 2.05) is 6.92 Å². The maximum absolute atomic E-state index is 5.44. The summed E-state index contributed by atoms with van der Waals surface area (Å²) in [4.78, 5) is 5.52. The molecule has 1 aromatic heterocycles. The van der Waals surface area contributed by atoms with E-state index in [-0.39, 0.29) is 0 Å². The zero-order valence-corrected chi connectivity index (χ0v) is 14.3. The third-order valence-corrected chi connectivity index (χ3v) is 4.37. The van der Waals surface area contributed by atoms with Crippen LogP contribution in [0, 0.1) is 6.92 Å². The lowest BCUT2D eigenvalue weighted by Crippen LogP contribution is -2.19. The molecule has 0 bridgehead atoms. The van der Waals surface area contributed by atoms with Crippen molar-refractivity contribution in [2.75, 3.05) is 6.54 Å². The monoisotopic (exact) mass is 354 g/mol. The fourth-order valence-electron chi connectivity index (χ4n) is 1.90. The van der Waals surface area contributed by atoms with Crippen molar-refractivity contribution in [2.24, 2.45) is 0 Å². The number of aryl methyl sites for hydroxylation is 1. The minimum absolute atomic E-state index is 0.307. The van der Waals surface area contributed by atoms with E-state index in [0.717, 1.165) is 28.0 Å². The standard InChI is InChI=1S/C15H19BrN2OS/c1-4-7-17-11(3)13-6-5-12(16)8-14(13)20-15-18-10(2)9-19-15/h5-6,8-9,11,17H,4,7H2,1-3H3. The van der Waals surface area contributed by atoms with Crippen molar-refractivity contribution in [3.8, 4) is 0 Å². The van der Waals surface area contributed by atoms with Gasteiger partial charge in [0.05, 0.1) is 5.69 Å². The second kappa shape index (κ2) is 7.29. The van der Waals surface area contributed by atoms with Crippen LogP contribution in [-0.4, -0.2) is 11.5 Å². The normalized spacial score (nSPS) is 12.6. The second-order valence-corrected chi connectivity index (χ2v) is 6.62.